The molecule has 1 fully saturated rings. The Balaban J connectivity index is 2.72. The number of nitrogens with one attached hydrogen (secondary N) is 2. The molecular weight excluding hydrogens is 244 g/mol. The summed E-state index contributed by atoms with van der Waals surface area (Å²) in [4.78, 5) is 23.0. The van der Waals surface area contributed by atoms with Crippen LogP contribution in [0.2, 0.25) is 0 Å². The van der Waals surface area contributed by atoms with Crippen LogP contribution in [-0.2, 0) is 9.59 Å². The molecule has 0 spiro atoms. The van der Waals surface area contributed by atoms with Crippen LogP contribution in [0, 0.1) is 5.92 Å². The summed E-state index contributed by atoms with van der Waals surface area (Å²) in [7, 11) is 1.73. The highest BCUT2D eigenvalue weighted by molar-refractivity contribution is 5.85. The molecule has 1 saturated carbocycles. The van der Waals surface area contributed by atoms with E-state index in [0.717, 1.165) is 19.3 Å². The van der Waals surface area contributed by atoms with Crippen molar-refractivity contribution in [1.29, 1.82) is 0 Å². The molecule has 0 aliphatic heterocycles. The molecule has 0 aromatic rings. The lowest BCUT2D eigenvalue weighted by atomic mass is 9.73. The van der Waals surface area contributed by atoms with Crippen molar-refractivity contribution in [3.05, 3.63) is 0 Å². The van der Waals surface area contributed by atoms with Crippen LogP contribution in [-0.4, -0.2) is 37.0 Å². The summed E-state index contributed by atoms with van der Waals surface area (Å²) < 4.78 is 0. The van der Waals surface area contributed by atoms with E-state index in [0.29, 0.717) is 19.4 Å². The Morgan fingerprint density at radius 1 is 1.42 bits per heavy atom. The van der Waals surface area contributed by atoms with Gasteiger partial charge in [0.25, 0.3) is 0 Å². The Morgan fingerprint density at radius 3 is 2.58 bits per heavy atom. The average Bonchev–Trinajstić information content (AvgIpc) is 2.36. The summed E-state index contributed by atoms with van der Waals surface area (Å²) in [6, 6.07) is -0.338. The predicted octanol–water partition coefficient (Wildman–Crippen LogP) is -0.526. The van der Waals surface area contributed by atoms with Gasteiger partial charge in [0.1, 0.15) is 0 Å². The van der Waals surface area contributed by atoms with Crippen LogP contribution in [0.3, 0.4) is 0 Å². The molecule has 19 heavy (non-hydrogen) atoms. The van der Waals surface area contributed by atoms with Crippen molar-refractivity contribution in [2.45, 2.75) is 50.6 Å². The zero-order chi connectivity index (χ0) is 14.5. The highest BCUT2D eigenvalue weighted by atomic mass is 16.2. The third-order valence-electron chi connectivity index (χ3n) is 4.10. The third-order valence-corrected chi connectivity index (χ3v) is 4.10. The minimum atomic E-state index is -0.617. The fourth-order valence-electron chi connectivity index (χ4n) is 3.11. The molecule has 6 heteroatoms. The zero-order valence-electron chi connectivity index (χ0n) is 11.9. The monoisotopic (exact) mass is 270 g/mol. The van der Waals surface area contributed by atoms with Crippen LogP contribution >= 0.6 is 0 Å². The molecule has 6 N–H and O–H groups in total. The first-order chi connectivity index (χ1) is 8.95. The van der Waals surface area contributed by atoms with Gasteiger partial charge in [-0.3, -0.25) is 9.59 Å². The van der Waals surface area contributed by atoms with E-state index in [2.05, 4.69) is 10.6 Å². The second-order valence-corrected chi connectivity index (χ2v) is 5.42. The maximum atomic E-state index is 11.8. The molecule has 2 amide bonds. The van der Waals surface area contributed by atoms with Crippen molar-refractivity contribution in [3.63, 3.8) is 0 Å². The van der Waals surface area contributed by atoms with Crippen molar-refractivity contribution in [2.24, 2.45) is 17.4 Å². The minimum absolute atomic E-state index is 0.283. The Hall–Kier alpha value is -1.14. The number of hydrogen-bond donors (Lipinski definition) is 4. The van der Waals surface area contributed by atoms with Gasteiger partial charge in [0, 0.05) is 0 Å². The Labute approximate surface area is 114 Å². The lowest BCUT2D eigenvalue weighted by molar-refractivity contribution is -0.126. The second kappa shape index (κ2) is 6.86. The lowest BCUT2D eigenvalue weighted by Crippen LogP contribution is -2.58. The number of likely N-dealkylation sites (N-methyl/N-ethyl adjacent to an activating group) is 2. The summed E-state index contributed by atoms with van der Waals surface area (Å²) in [5.74, 6) is -0.356. The highest BCUT2D eigenvalue weighted by Crippen LogP contribution is 2.34. The Morgan fingerprint density at radius 2 is 2.11 bits per heavy atom. The molecule has 3 unspecified atom stereocenters. The number of hydrogen-bond acceptors (Lipinski definition) is 4. The van der Waals surface area contributed by atoms with Gasteiger partial charge in [0.05, 0.1) is 11.6 Å². The fraction of sp³-hybridized carbons (Fsp3) is 0.846. The summed E-state index contributed by atoms with van der Waals surface area (Å²) in [6.07, 6.45) is 4.06. The van der Waals surface area contributed by atoms with Crippen molar-refractivity contribution < 1.29 is 9.59 Å². The predicted molar refractivity (Wildman–Crippen MR) is 74.2 cm³/mol. The zero-order valence-corrected chi connectivity index (χ0v) is 11.9. The molecule has 0 bridgehead atoms. The van der Waals surface area contributed by atoms with E-state index in [-0.39, 0.29) is 23.8 Å². The van der Waals surface area contributed by atoms with Crippen LogP contribution in [0.1, 0.15) is 39.0 Å². The number of rotatable bonds is 7. The summed E-state index contributed by atoms with van der Waals surface area (Å²) in [5.41, 5.74) is 10.3. The van der Waals surface area contributed by atoms with Crippen LogP contribution in [0.25, 0.3) is 0 Å². The Kier molecular flexibility index (Phi) is 5.75. The van der Waals surface area contributed by atoms with E-state index in [1.54, 1.807) is 7.05 Å². The SMILES string of the molecule is CCNC1(C(N)=O)CCCC(CC(NC)C(N)=O)C1. The third kappa shape index (κ3) is 3.91. The molecule has 6 nitrogen and oxygen atoms in total. The molecular formula is C13H26N4O2. The first kappa shape index (κ1) is 15.9. The minimum Gasteiger partial charge on any atom is -0.368 e. The molecule has 1 aliphatic carbocycles. The van der Waals surface area contributed by atoms with Gasteiger partial charge < -0.3 is 22.1 Å². The van der Waals surface area contributed by atoms with Gasteiger partial charge in [-0.25, -0.2) is 0 Å². The van der Waals surface area contributed by atoms with Crippen LogP contribution in [0.4, 0.5) is 0 Å². The van der Waals surface area contributed by atoms with E-state index in [4.69, 9.17) is 11.5 Å². The van der Waals surface area contributed by atoms with Crippen molar-refractivity contribution in [3.8, 4) is 0 Å². The van der Waals surface area contributed by atoms with Crippen LogP contribution < -0.4 is 22.1 Å². The van der Waals surface area contributed by atoms with E-state index < -0.39 is 5.54 Å². The molecule has 0 aromatic heterocycles. The van der Waals surface area contributed by atoms with Gasteiger partial charge in [-0.15, -0.1) is 0 Å². The van der Waals surface area contributed by atoms with Gasteiger partial charge in [-0.05, 0) is 38.8 Å². The Bertz CT molecular complexity index is 331. The number of carbonyl (C=O) groups excluding carboxylic acids is 2. The number of nitrogens with two attached hydrogens (primary N) is 2. The molecule has 1 rings (SSSR count). The highest BCUT2D eigenvalue weighted by Gasteiger charge is 2.41. The summed E-state index contributed by atoms with van der Waals surface area (Å²) >= 11 is 0. The topological polar surface area (TPSA) is 110 Å². The smallest absolute Gasteiger partial charge is 0.237 e. The van der Waals surface area contributed by atoms with Gasteiger partial charge in [-0.1, -0.05) is 19.8 Å². The molecule has 110 valence electrons. The van der Waals surface area contributed by atoms with Crippen LogP contribution in [0.5, 0.6) is 0 Å². The summed E-state index contributed by atoms with van der Waals surface area (Å²) in [6.45, 7) is 2.68. The van der Waals surface area contributed by atoms with E-state index in [1.165, 1.54) is 0 Å². The molecule has 1 aliphatic rings. The first-order valence-corrected chi connectivity index (χ1v) is 6.96. The quantitative estimate of drug-likeness (QED) is 0.498. The van der Waals surface area contributed by atoms with Gasteiger partial charge in [0.2, 0.25) is 11.8 Å². The average molecular weight is 270 g/mol. The van der Waals surface area contributed by atoms with E-state index in [9.17, 15) is 9.59 Å². The second-order valence-electron chi connectivity index (χ2n) is 5.42. The normalized spacial score (nSPS) is 28.8. The maximum absolute atomic E-state index is 11.8. The summed E-state index contributed by atoms with van der Waals surface area (Å²) in [5, 5.41) is 6.16. The largest absolute Gasteiger partial charge is 0.368 e. The first-order valence-electron chi connectivity index (χ1n) is 6.96. The van der Waals surface area contributed by atoms with Crippen molar-refractivity contribution in [2.75, 3.05) is 13.6 Å². The fourth-order valence-corrected chi connectivity index (χ4v) is 3.11. The molecule has 0 saturated heterocycles. The number of carbonyl (C=O) groups is 2. The van der Waals surface area contributed by atoms with Crippen molar-refractivity contribution >= 4 is 11.8 Å². The van der Waals surface area contributed by atoms with Gasteiger partial charge >= 0.3 is 0 Å². The van der Waals surface area contributed by atoms with E-state index in [1.807, 2.05) is 6.92 Å². The van der Waals surface area contributed by atoms with Gasteiger partial charge in [-0.2, -0.15) is 0 Å². The number of primary amides is 2. The van der Waals surface area contributed by atoms with Crippen molar-refractivity contribution in [1.82, 2.24) is 10.6 Å². The lowest BCUT2D eigenvalue weighted by Gasteiger charge is -2.40. The van der Waals surface area contributed by atoms with Gasteiger partial charge in [0.15, 0.2) is 0 Å². The molecule has 0 radical (unpaired) electrons. The molecule has 0 heterocycles. The molecule has 0 aromatic carbocycles. The molecule has 3 atom stereocenters. The van der Waals surface area contributed by atoms with Crippen LogP contribution in [0.15, 0.2) is 0 Å². The number of amides is 2. The standard InChI is InChI=1S/C13H26N4O2/c1-3-17-13(12(15)19)6-4-5-9(8-13)7-10(16-2)11(14)18/h9-10,16-17H,3-8H2,1-2H3,(H2,14,18)(H2,15,19). The van der Waals surface area contributed by atoms with E-state index >= 15 is 0 Å². The maximum Gasteiger partial charge on any atom is 0.237 e.